The number of nitrogens with two attached hydrogens (primary N) is 1. The lowest BCUT2D eigenvalue weighted by Crippen LogP contribution is -2.30. The van der Waals surface area contributed by atoms with E-state index in [2.05, 4.69) is 19.9 Å². The zero-order valence-electron chi connectivity index (χ0n) is 12.7. The van der Waals surface area contributed by atoms with Gasteiger partial charge in [-0.05, 0) is 30.6 Å². The van der Waals surface area contributed by atoms with Crippen LogP contribution in [0.4, 0.5) is 5.82 Å². The van der Waals surface area contributed by atoms with Gasteiger partial charge < -0.3 is 5.73 Å². The Hall–Kier alpha value is -2.27. The van der Waals surface area contributed by atoms with E-state index >= 15 is 0 Å². The summed E-state index contributed by atoms with van der Waals surface area (Å²) in [6, 6.07) is 4.10. The van der Waals surface area contributed by atoms with Crippen LogP contribution in [-0.2, 0) is 7.05 Å². The minimum atomic E-state index is -0.408. The summed E-state index contributed by atoms with van der Waals surface area (Å²) in [7, 11) is 1.50. The third-order valence-electron chi connectivity index (χ3n) is 4.70. The number of rotatable bonds is 1. The Kier molecular flexibility index (Phi) is 4.04. The van der Waals surface area contributed by atoms with E-state index in [4.69, 9.17) is 5.73 Å². The van der Waals surface area contributed by atoms with Crippen LogP contribution >= 0.6 is 0 Å². The number of aromatic nitrogens is 1. The lowest BCUT2D eigenvalue weighted by atomic mass is 9.71. The Bertz CT molecular complexity index is 705. The van der Waals surface area contributed by atoms with Crippen molar-refractivity contribution in [1.29, 1.82) is 10.5 Å². The average Bonchev–Trinajstić information content (AvgIpc) is 2.45. The second kappa shape index (κ2) is 5.61. The molecule has 1 aliphatic rings. The van der Waals surface area contributed by atoms with Gasteiger partial charge in [0.1, 0.15) is 23.5 Å². The van der Waals surface area contributed by atoms with Crippen LogP contribution in [0.2, 0.25) is 0 Å². The number of pyridine rings is 1. The van der Waals surface area contributed by atoms with Crippen LogP contribution < -0.4 is 11.3 Å². The molecule has 0 amide bonds. The van der Waals surface area contributed by atoms with Crippen LogP contribution in [0.3, 0.4) is 0 Å². The Labute approximate surface area is 124 Å². The summed E-state index contributed by atoms with van der Waals surface area (Å²) >= 11 is 0. The molecule has 3 atom stereocenters. The van der Waals surface area contributed by atoms with Crippen molar-refractivity contribution in [2.24, 2.45) is 18.9 Å². The first kappa shape index (κ1) is 15.1. The molecule has 1 fully saturated rings. The maximum atomic E-state index is 12.3. The summed E-state index contributed by atoms with van der Waals surface area (Å²) in [5, 5.41) is 18.8. The number of nitrogens with zero attached hydrogens (tertiary/aromatic N) is 3. The monoisotopic (exact) mass is 284 g/mol. The Morgan fingerprint density at radius 1 is 1.19 bits per heavy atom. The molecule has 0 bridgehead atoms. The Morgan fingerprint density at radius 2 is 1.81 bits per heavy atom. The highest BCUT2D eigenvalue weighted by Gasteiger charge is 2.32. The molecule has 0 saturated heterocycles. The summed E-state index contributed by atoms with van der Waals surface area (Å²) < 4.78 is 1.19. The fourth-order valence-corrected chi connectivity index (χ4v) is 3.51. The van der Waals surface area contributed by atoms with Crippen molar-refractivity contribution in [3.63, 3.8) is 0 Å². The molecule has 1 aromatic heterocycles. The minimum absolute atomic E-state index is 0.0571. The lowest BCUT2D eigenvalue weighted by Gasteiger charge is -2.34. The molecule has 0 aliphatic heterocycles. The van der Waals surface area contributed by atoms with Crippen LogP contribution in [0, 0.1) is 34.5 Å². The molecular formula is C16H20N4O. The molecule has 5 heteroatoms. The van der Waals surface area contributed by atoms with E-state index in [1.54, 1.807) is 0 Å². The number of hydrogen-bond donors (Lipinski definition) is 1. The van der Waals surface area contributed by atoms with E-state index in [9.17, 15) is 15.3 Å². The van der Waals surface area contributed by atoms with E-state index in [0.717, 1.165) is 19.3 Å². The van der Waals surface area contributed by atoms with Crippen LogP contribution in [0.1, 0.15) is 55.7 Å². The predicted octanol–water partition coefficient (Wildman–Crippen LogP) is 2.25. The lowest BCUT2D eigenvalue weighted by molar-refractivity contribution is 0.261. The molecule has 3 unspecified atom stereocenters. The van der Waals surface area contributed by atoms with Crippen molar-refractivity contribution in [3.8, 4) is 12.1 Å². The third kappa shape index (κ3) is 2.40. The Morgan fingerprint density at radius 3 is 2.33 bits per heavy atom. The van der Waals surface area contributed by atoms with Crippen LogP contribution in [0.15, 0.2) is 4.79 Å². The smallest absolute Gasteiger partial charge is 0.270 e. The van der Waals surface area contributed by atoms with Crippen molar-refractivity contribution in [3.05, 3.63) is 27.0 Å². The van der Waals surface area contributed by atoms with E-state index in [0.29, 0.717) is 23.0 Å². The Balaban J connectivity index is 2.71. The summed E-state index contributed by atoms with van der Waals surface area (Å²) in [5.74, 6) is 1.18. The van der Waals surface area contributed by atoms with Gasteiger partial charge in [-0.15, -0.1) is 0 Å². The van der Waals surface area contributed by atoms with Crippen molar-refractivity contribution >= 4 is 5.82 Å². The molecule has 21 heavy (non-hydrogen) atoms. The van der Waals surface area contributed by atoms with Gasteiger partial charge in [-0.3, -0.25) is 9.36 Å². The van der Waals surface area contributed by atoms with Crippen LogP contribution in [0.5, 0.6) is 0 Å². The van der Waals surface area contributed by atoms with E-state index < -0.39 is 5.56 Å². The van der Waals surface area contributed by atoms with Gasteiger partial charge in [0.25, 0.3) is 5.56 Å². The van der Waals surface area contributed by atoms with Gasteiger partial charge in [0.15, 0.2) is 0 Å². The average molecular weight is 284 g/mol. The highest BCUT2D eigenvalue weighted by Crippen LogP contribution is 2.42. The topological polar surface area (TPSA) is 95.6 Å². The van der Waals surface area contributed by atoms with Crippen molar-refractivity contribution < 1.29 is 0 Å². The first-order valence-electron chi connectivity index (χ1n) is 7.24. The molecule has 1 saturated carbocycles. The largest absolute Gasteiger partial charge is 0.384 e. The zero-order chi connectivity index (χ0) is 15.7. The highest BCUT2D eigenvalue weighted by atomic mass is 16.1. The van der Waals surface area contributed by atoms with Gasteiger partial charge in [0, 0.05) is 12.6 Å². The molecule has 0 aromatic carbocycles. The van der Waals surface area contributed by atoms with Gasteiger partial charge in [0.05, 0.1) is 5.56 Å². The van der Waals surface area contributed by atoms with E-state index in [-0.39, 0.29) is 17.3 Å². The van der Waals surface area contributed by atoms with Gasteiger partial charge in [-0.25, -0.2) is 0 Å². The third-order valence-corrected chi connectivity index (χ3v) is 4.70. The molecule has 110 valence electrons. The van der Waals surface area contributed by atoms with Gasteiger partial charge in [0.2, 0.25) is 0 Å². The molecular weight excluding hydrogens is 264 g/mol. The molecule has 0 spiro atoms. The SMILES string of the molecule is CC1CCC(c2c(C#N)c(N)n(C)c(=O)c2C#N)C(C)C1. The summed E-state index contributed by atoms with van der Waals surface area (Å²) in [6.45, 7) is 4.33. The number of nitriles is 2. The standard InChI is InChI=1S/C16H20N4O/c1-9-4-5-11(10(2)6-9)14-12(7-17)15(19)20(3)16(21)13(14)8-18/h9-11H,4-6,19H2,1-3H3. The summed E-state index contributed by atoms with van der Waals surface area (Å²) in [4.78, 5) is 12.3. The first-order valence-corrected chi connectivity index (χ1v) is 7.24. The predicted molar refractivity (Wildman–Crippen MR) is 80.4 cm³/mol. The fraction of sp³-hybridized carbons (Fsp3) is 0.562. The second-order valence-corrected chi connectivity index (χ2v) is 6.14. The minimum Gasteiger partial charge on any atom is -0.384 e. The number of anilines is 1. The van der Waals surface area contributed by atoms with Crippen LogP contribution in [0.25, 0.3) is 0 Å². The molecule has 2 N–H and O–H groups in total. The van der Waals surface area contributed by atoms with Crippen molar-refractivity contribution in [2.45, 2.75) is 39.0 Å². The highest BCUT2D eigenvalue weighted by molar-refractivity contribution is 5.60. The summed E-state index contributed by atoms with van der Waals surface area (Å²) in [6.07, 6.45) is 2.97. The van der Waals surface area contributed by atoms with Gasteiger partial charge >= 0.3 is 0 Å². The maximum Gasteiger partial charge on any atom is 0.270 e. The fourth-order valence-electron chi connectivity index (χ4n) is 3.51. The molecule has 1 aliphatic carbocycles. The number of hydrogen-bond acceptors (Lipinski definition) is 4. The second-order valence-electron chi connectivity index (χ2n) is 6.14. The van der Waals surface area contributed by atoms with Gasteiger partial charge in [-0.2, -0.15) is 10.5 Å². The first-order chi connectivity index (χ1) is 9.92. The molecule has 0 radical (unpaired) electrons. The molecule has 1 aromatic rings. The van der Waals surface area contributed by atoms with Crippen LogP contribution in [-0.4, -0.2) is 4.57 Å². The maximum absolute atomic E-state index is 12.3. The molecule has 1 heterocycles. The molecule has 2 rings (SSSR count). The van der Waals surface area contributed by atoms with Gasteiger partial charge in [-0.1, -0.05) is 20.3 Å². The van der Waals surface area contributed by atoms with E-state index in [1.165, 1.54) is 11.6 Å². The normalized spacial score (nSPS) is 25.1. The number of nitrogen functional groups attached to an aromatic ring is 1. The summed E-state index contributed by atoms with van der Waals surface area (Å²) in [5.41, 5.74) is 6.46. The molecule has 5 nitrogen and oxygen atoms in total. The zero-order valence-corrected chi connectivity index (χ0v) is 12.7. The van der Waals surface area contributed by atoms with Crippen molar-refractivity contribution in [1.82, 2.24) is 4.57 Å². The van der Waals surface area contributed by atoms with E-state index in [1.807, 2.05) is 6.07 Å². The van der Waals surface area contributed by atoms with Crippen molar-refractivity contribution in [2.75, 3.05) is 5.73 Å². The quantitative estimate of drug-likeness (QED) is 0.855.